The number of ether oxygens (including phenoxy) is 1. The molecule has 1 fully saturated rings. The third-order valence-electron chi connectivity index (χ3n) is 4.52. The van der Waals surface area contributed by atoms with Crippen LogP contribution in [-0.4, -0.2) is 56.3 Å². The third kappa shape index (κ3) is 8.68. The van der Waals surface area contributed by atoms with E-state index in [0.29, 0.717) is 0 Å². The number of benzene rings is 1. The summed E-state index contributed by atoms with van der Waals surface area (Å²) in [5.74, 6) is 0.893. The first-order valence-corrected chi connectivity index (χ1v) is 9.50. The fourth-order valence-electron chi connectivity index (χ4n) is 3.08. The molecule has 0 radical (unpaired) electrons. The zero-order valence-corrected chi connectivity index (χ0v) is 18.8. The second kappa shape index (κ2) is 12.5. The Bertz CT molecular complexity index is 518. The van der Waals surface area contributed by atoms with Crippen molar-refractivity contribution in [3.63, 3.8) is 0 Å². The molecule has 0 bridgehead atoms. The predicted octanol–water partition coefficient (Wildman–Crippen LogP) is 3.25. The highest BCUT2D eigenvalue weighted by molar-refractivity contribution is 14.0. The van der Waals surface area contributed by atoms with Crippen LogP contribution in [0.5, 0.6) is 0 Å². The van der Waals surface area contributed by atoms with Crippen LogP contribution in [0.2, 0.25) is 0 Å². The number of nitrogens with zero attached hydrogens (tertiary/aromatic N) is 2. The van der Waals surface area contributed by atoms with E-state index in [-0.39, 0.29) is 29.6 Å². The summed E-state index contributed by atoms with van der Waals surface area (Å²) in [6, 6.07) is 10.6. The molecule has 1 aromatic rings. The summed E-state index contributed by atoms with van der Waals surface area (Å²) in [6.07, 6.45) is 3.32. The molecule has 2 N–H and O–H groups in total. The normalized spacial score (nSPS) is 20.1. The van der Waals surface area contributed by atoms with Crippen LogP contribution in [0.25, 0.3) is 0 Å². The largest absolute Gasteiger partial charge is 0.373 e. The van der Waals surface area contributed by atoms with Crippen LogP contribution in [0.4, 0.5) is 0 Å². The van der Waals surface area contributed by atoms with Crippen molar-refractivity contribution < 1.29 is 4.74 Å². The molecular formula is C20H35IN4O. The average Bonchev–Trinajstić information content (AvgIpc) is 3.04. The molecule has 1 aliphatic heterocycles. The van der Waals surface area contributed by atoms with E-state index < -0.39 is 0 Å². The standard InChI is InChI=1S/C20H34N4O.HI/c1-4-21-19(23-17-20(2)12-8-15-25-20)22-13-9-14-24(3)16-18-10-6-5-7-11-18;/h5-7,10-11H,4,8-9,12-17H2,1-3H3,(H2,21,22,23);1H. The minimum absolute atomic E-state index is 0. The lowest BCUT2D eigenvalue weighted by Gasteiger charge is -2.22. The van der Waals surface area contributed by atoms with Crippen LogP contribution in [0.3, 0.4) is 0 Å². The maximum absolute atomic E-state index is 5.81. The lowest BCUT2D eigenvalue weighted by Crippen LogP contribution is -2.40. The molecule has 26 heavy (non-hydrogen) atoms. The minimum Gasteiger partial charge on any atom is -0.373 e. The summed E-state index contributed by atoms with van der Waals surface area (Å²) >= 11 is 0. The average molecular weight is 474 g/mol. The first kappa shape index (κ1) is 23.2. The maximum atomic E-state index is 5.81. The molecule has 0 aromatic heterocycles. The number of rotatable bonds is 9. The van der Waals surface area contributed by atoms with Gasteiger partial charge in [0.1, 0.15) is 0 Å². The Kier molecular flexibility index (Phi) is 11.2. The summed E-state index contributed by atoms with van der Waals surface area (Å²) in [5, 5.41) is 6.76. The summed E-state index contributed by atoms with van der Waals surface area (Å²) < 4.78 is 5.81. The second-order valence-electron chi connectivity index (χ2n) is 7.10. The molecule has 1 heterocycles. The molecular weight excluding hydrogens is 439 g/mol. The molecule has 6 heteroatoms. The Morgan fingerprint density at radius 1 is 1.27 bits per heavy atom. The Labute approximate surface area is 176 Å². The van der Waals surface area contributed by atoms with Crippen LogP contribution in [-0.2, 0) is 11.3 Å². The summed E-state index contributed by atoms with van der Waals surface area (Å²) in [6.45, 7) is 9.68. The monoisotopic (exact) mass is 474 g/mol. The predicted molar refractivity (Wildman–Crippen MR) is 120 cm³/mol. The lowest BCUT2D eigenvalue weighted by atomic mass is 10.0. The fourth-order valence-corrected chi connectivity index (χ4v) is 3.08. The van der Waals surface area contributed by atoms with Crippen LogP contribution in [0.1, 0.15) is 38.7 Å². The summed E-state index contributed by atoms with van der Waals surface area (Å²) in [4.78, 5) is 7.06. The van der Waals surface area contributed by atoms with Gasteiger partial charge in [0, 0.05) is 26.2 Å². The van der Waals surface area contributed by atoms with E-state index in [2.05, 4.69) is 66.8 Å². The lowest BCUT2D eigenvalue weighted by molar-refractivity contribution is 0.0283. The Balaban J connectivity index is 0.00000338. The van der Waals surface area contributed by atoms with Gasteiger partial charge < -0.3 is 20.3 Å². The molecule has 0 saturated carbocycles. The van der Waals surface area contributed by atoms with E-state index in [9.17, 15) is 0 Å². The molecule has 2 rings (SSSR count). The van der Waals surface area contributed by atoms with E-state index in [1.807, 2.05) is 0 Å². The van der Waals surface area contributed by atoms with Gasteiger partial charge in [0.05, 0.1) is 12.1 Å². The van der Waals surface area contributed by atoms with Gasteiger partial charge in [0.15, 0.2) is 5.96 Å². The van der Waals surface area contributed by atoms with Gasteiger partial charge in [0.25, 0.3) is 0 Å². The molecule has 0 aliphatic carbocycles. The number of hydrogen-bond acceptors (Lipinski definition) is 3. The molecule has 1 unspecified atom stereocenters. The van der Waals surface area contributed by atoms with Crippen molar-refractivity contribution in [2.45, 2.75) is 45.3 Å². The SMILES string of the molecule is CCNC(=NCC1(C)CCCO1)NCCCN(C)Cc1ccccc1.I. The maximum Gasteiger partial charge on any atom is 0.191 e. The van der Waals surface area contributed by atoms with Crippen molar-refractivity contribution in [2.75, 3.05) is 39.8 Å². The van der Waals surface area contributed by atoms with Gasteiger partial charge in [-0.05, 0) is 52.3 Å². The van der Waals surface area contributed by atoms with Gasteiger partial charge in [-0.1, -0.05) is 30.3 Å². The molecule has 1 saturated heterocycles. The van der Waals surface area contributed by atoms with Gasteiger partial charge in [-0.2, -0.15) is 0 Å². The van der Waals surface area contributed by atoms with Crippen molar-refractivity contribution in [1.82, 2.24) is 15.5 Å². The Morgan fingerprint density at radius 2 is 2.04 bits per heavy atom. The zero-order chi connectivity index (χ0) is 18.0. The summed E-state index contributed by atoms with van der Waals surface area (Å²) in [7, 11) is 2.17. The number of halogens is 1. The molecule has 0 spiro atoms. The topological polar surface area (TPSA) is 48.9 Å². The van der Waals surface area contributed by atoms with E-state index in [1.54, 1.807) is 0 Å². The zero-order valence-electron chi connectivity index (χ0n) is 16.5. The number of aliphatic imine (C=N–C) groups is 1. The van der Waals surface area contributed by atoms with Gasteiger partial charge >= 0.3 is 0 Å². The molecule has 0 amide bonds. The van der Waals surface area contributed by atoms with Gasteiger partial charge in [-0.3, -0.25) is 4.99 Å². The molecule has 1 aromatic carbocycles. The van der Waals surface area contributed by atoms with Crippen LogP contribution in [0.15, 0.2) is 35.3 Å². The van der Waals surface area contributed by atoms with Gasteiger partial charge in [0.2, 0.25) is 0 Å². The van der Waals surface area contributed by atoms with Crippen molar-refractivity contribution in [1.29, 1.82) is 0 Å². The highest BCUT2D eigenvalue weighted by atomic mass is 127. The van der Waals surface area contributed by atoms with E-state index >= 15 is 0 Å². The van der Waals surface area contributed by atoms with Crippen molar-refractivity contribution >= 4 is 29.9 Å². The van der Waals surface area contributed by atoms with E-state index in [1.165, 1.54) is 5.56 Å². The first-order valence-electron chi connectivity index (χ1n) is 9.50. The van der Waals surface area contributed by atoms with Crippen LogP contribution in [0, 0.1) is 0 Å². The second-order valence-corrected chi connectivity index (χ2v) is 7.10. The quantitative estimate of drug-likeness (QED) is 0.250. The molecule has 1 aliphatic rings. The molecule has 148 valence electrons. The highest BCUT2D eigenvalue weighted by Crippen LogP contribution is 2.24. The van der Waals surface area contributed by atoms with Gasteiger partial charge in [-0.15, -0.1) is 24.0 Å². The van der Waals surface area contributed by atoms with E-state index in [4.69, 9.17) is 9.73 Å². The number of hydrogen-bond donors (Lipinski definition) is 2. The molecule has 5 nitrogen and oxygen atoms in total. The minimum atomic E-state index is -0.0851. The van der Waals surface area contributed by atoms with Crippen LogP contribution >= 0.6 is 24.0 Å². The summed E-state index contributed by atoms with van der Waals surface area (Å²) in [5.41, 5.74) is 1.27. The third-order valence-corrected chi connectivity index (χ3v) is 4.52. The van der Waals surface area contributed by atoms with Gasteiger partial charge in [-0.25, -0.2) is 0 Å². The van der Waals surface area contributed by atoms with Crippen molar-refractivity contribution in [3.05, 3.63) is 35.9 Å². The van der Waals surface area contributed by atoms with Crippen LogP contribution < -0.4 is 10.6 Å². The Hall–Kier alpha value is -0.860. The highest BCUT2D eigenvalue weighted by Gasteiger charge is 2.29. The Morgan fingerprint density at radius 3 is 2.69 bits per heavy atom. The first-order chi connectivity index (χ1) is 12.1. The van der Waals surface area contributed by atoms with Crippen molar-refractivity contribution in [2.24, 2.45) is 4.99 Å². The fraction of sp³-hybridized carbons (Fsp3) is 0.650. The number of nitrogens with one attached hydrogen (secondary N) is 2. The number of guanidine groups is 1. The smallest absolute Gasteiger partial charge is 0.191 e. The van der Waals surface area contributed by atoms with E-state index in [0.717, 1.165) is 64.6 Å². The van der Waals surface area contributed by atoms with Crippen molar-refractivity contribution in [3.8, 4) is 0 Å². The molecule has 1 atom stereocenters.